The first-order chi connectivity index (χ1) is 12.0. The number of nitrogens with one attached hydrogen (secondary N) is 1. The van der Waals surface area contributed by atoms with Crippen LogP contribution < -0.4 is 10.9 Å². The third kappa shape index (κ3) is 3.29. The summed E-state index contributed by atoms with van der Waals surface area (Å²) in [5, 5.41) is 13.3. The van der Waals surface area contributed by atoms with Crippen molar-refractivity contribution in [2.75, 3.05) is 5.32 Å². The van der Waals surface area contributed by atoms with E-state index in [-0.39, 0.29) is 11.3 Å². The second-order valence-corrected chi connectivity index (χ2v) is 6.49. The molecule has 0 aliphatic heterocycles. The molecule has 0 unspecified atom stereocenters. The first kappa shape index (κ1) is 17.2. The molecule has 0 spiro atoms. The molecule has 1 amide bonds. The van der Waals surface area contributed by atoms with Gasteiger partial charge in [0, 0.05) is 24.0 Å². The predicted octanol–water partition coefficient (Wildman–Crippen LogP) is 2.80. The second-order valence-electron chi connectivity index (χ2n) is 6.49. The minimum atomic E-state index is -0.612. The van der Waals surface area contributed by atoms with E-state index in [1.165, 1.54) is 0 Å². The standard InChI is InChI=1S/C19H23N3O3/c1-3-10-22-14-7-5-4-6-13(14)17(23)16(19(22)25)18(24)21-15-11-12(2)8-9-20-15/h8-9,11,23H,3-7,10H2,1-2H3,(H,20,21,24). The molecule has 0 saturated heterocycles. The van der Waals surface area contributed by atoms with Crippen LogP contribution in [0.15, 0.2) is 23.1 Å². The molecule has 2 aromatic heterocycles. The van der Waals surface area contributed by atoms with Crippen molar-refractivity contribution in [3.05, 3.63) is 51.1 Å². The monoisotopic (exact) mass is 341 g/mol. The molecule has 2 N–H and O–H groups in total. The van der Waals surface area contributed by atoms with Crippen LogP contribution in [-0.4, -0.2) is 20.6 Å². The number of amides is 1. The zero-order chi connectivity index (χ0) is 18.0. The summed E-state index contributed by atoms with van der Waals surface area (Å²) in [5.74, 6) is -0.417. The van der Waals surface area contributed by atoms with Crippen LogP contribution >= 0.6 is 0 Å². The zero-order valence-electron chi connectivity index (χ0n) is 14.6. The fourth-order valence-electron chi connectivity index (χ4n) is 3.40. The van der Waals surface area contributed by atoms with Crippen LogP contribution in [0.4, 0.5) is 5.82 Å². The van der Waals surface area contributed by atoms with E-state index in [9.17, 15) is 14.7 Å². The summed E-state index contributed by atoms with van der Waals surface area (Å²) >= 11 is 0. The molecule has 1 aliphatic carbocycles. The molecular formula is C19H23N3O3. The van der Waals surface area contributed by atoms with E-state index >= 15 is 0 Å². The first-order valence-corrected chi connectivity index (χ1v) is 8.74. The maximum atomic E-state index is 12.9. The summed E-state index contributed by atoms with van der Waals surface area (Å²) in [6, 6.07) is 3.54. The number of aryl methyl sites for hydroxylation is 1. The first-order valence-electron chi connectivity index (χ1n) is 8.74. The molecule has 0 aromatic carbocycles. The number of hydrogen-bond donors (Lipinski definition) is 2. The van der Waals surface area contributed by atoms with E-state index in [0.29, 0.717) is 18.8 Å². The average Bonchev–Trinajstić information content (AvgIpc) is 2.59. The molecule has 25 heavy (non-hydrogen) atoms. The molecule has 0 atom stereocenters. The van der Waals surface area contributed by atoms with Gasteiger partial charge in [0.25, 0.3) is 11.5 Å². The maximum Gasteiger partial charge on any atom is 0.267 e. The Labute approximate surface area is 146 Å². The number of fused-ring (bicyclic) bond motifs is 1. The van der Waals surface area contributed by atoms with Crippen molar-refractivity contribution in [2.45, 2.75) is 52.5 Å². The molecule has 1 aliphatic rings. The molecule has 2 heterocycles. The van der Waals surface area contributed by atoms with Crippen LogP contribution in [0.1, 0.15) is 53.4 Å². The van der Waals surface area contributed by atoms with Crippen molar-refractivity contribution in [3.63, 3.8) is 0 Å². The van der Waals surface area contributed by atoms with E-state index in [2.05, 4.69) is 10.3 Å². The lowest BCUT2D eigenvalue weighted by molar-refractivity contribution is 0.102. The van der Waals surface area contributed by atoms with Gasteiger partial charge in [-0.05, 0) is 56.7 Å². The lowest BCUT2D eigenvalue weighted by Crippen LogP contribution is -2.33. The molecule has 0 radical (unpaired) electrons. The Morgan fingerprint density at radius 3 is 2.84 bits per heavy atom. The van der Waals surface area contributed by atoms with Crippen molar-refractivity contribution >= 4 is 11.7 Å². The molecule has 2 aromatic rings. The fourth-order valence-corrected chi connectivity index (χ4v) is 3.40. The average molecular weight is 341 g/mol. The topological polar surface area (TPSA) is 84.2 Å². The number of nitrogens with zero attached hydrogens (tertiary/aromatic N) is 2. The second kappa shape index (κ2) is 7.09. The fraction of sp³-hybridized carbons (Fsp3) is 0.421. The Morgan fingerprint density at radius 2 is 2.12 bits per heavy atom. The van der Waals surface area contributed by atoms with E-state index in [4.69, 9.17) is 0 Å². The summed E-state index contributed by atoms with van der Waals surface area (Å²) in [7, 11) is 0. The minimum Gasteiger partial charge on any atom is -0.507 e. The molecule has 3 rings (SSSR count). The Bertz CT molecular complexity index is 871. The number of aromatic nitrogens is 2. The van der Waals surface area contributed by atoms with Crippen LogP contribution in [0.5, 0.6) is 5.75 Å². The molecule has 0 fully saturated rings. The van der Waals surface area contributed by atoms with Gasteiger partial charge >= 0.3 is 0 Å². The largest absolute Gasteiger partial charge is 0.507 e. The lowest BCUT2D eigenvalue weighted by atomic mass is 9.93. The highest BCUT2D eigenvalue weighted by Gasteiger charge is 2.27. The smallest absolute Gasteiger partial charge is 0.267 e. The number of carbonyl (C=O) groups is 1. The summed E-state index contributed by atoms with van der Waals surface area (Å²) in [5.41, 5.74) is 1.95. The number of carbonyl (C=O) groups excluding carboxylic acids is 1. The minimum absolute atomic E-state index is 0.169. The molecule has 0 saturated carbocycles. The molecule has 132 valence electrons. The van der Waals surface area contributed by atoms with Crippen LogP contribution in [0.25, 0.3) is 0 Å². The van der Waals surface area contributed by atoms with Gasteiger partial charge in [-0.3, -0.25) is 9.59 Å². The maximum absolute atomic E-state index is 12.9. The van der Waals surface area contributed by atoms with Gasteiger partial charge in [0.15, 0.2) is 0 Å². The third-order valence-electron chi connectivity index (χ3n) is 4.58. The van der Waals surface area contributed by atoms with E-state index in [1.807, 2.05) is 19.9 Å². The number of rotatable bonds is 4. The lowest BCUT2D eigenvalue weighted by Gasteiger charge is -2.23. The molecular weight excluding hydrogens is 318 g/mol. The Kier molecular flexibility index (Phi) is 4.88. The quantitative estimate of drug-likeness (QED) is 0.895. The van der Waals surface area contributed by atoms with Crippen molar-refractivity contribution in [1.29, 1.82) is 0 Å². The van der Waals surface area contributed by atoms with Gasteiger partial charge in [0.2, 0.25) is 0 Å². The normalized spacial score (nSPS) is 13.4. The number of hydrogen-bond acceptors (Lipinski definition) is 4. The van der Waals surface area contributed by atoms with Crippen molar-refractivity contribution in [1.82, 2.24) is 9.55 Å². The van der Waals surface area contributed by atoms with E-state index in [0.717, 1.165) is 42.5 Å². The predicted molar refractivity (Wildman–Crippen MR) is 96.2 cm³/mol. The molecule has 6 heteroatoms. The summed E-state index contributed by atoms with van der Waals surface area (Å²) in [4.78, 5) is 29.6. The van der Waals surface area contributed by atoms with Gasteiger partial charge in [0.05, 0.1) is 0 Å². The Balaban J connectivity index is 2.07. The van der Waals surface area contributed by atoms with Crippen molar-refractivity contribution in [2.24, 2.45) is 0 Å². The zero-order valence-corrected chi connectivity index (χ0v) is 14.6. The Morgan fingerprint density at radius 1 is 1.36 bits per heavy atom. The van der Waals surface area contributed by atoms with Gasteiger partial charge < -0.3 is 15.0 Å². The number of aromatic hydroxyl groups is 1. The van der Waals surface area contributed by atoms with Crippen LogP contribution in [0, 0.1) is 6.92 Å². The van der Waals surface area contributed by atoms with Gasteiger partial charge in [-0.25, -0.2) is 4.98 Å². The summed E-state index contributed by atoms with van der Waals surface area (Å²) < 4.78 is 1.66. The van der Waals surface area contributed by atoms with Crippen LogP contribution in [0.3, 0.4) is 0 Å². The third-order valence-corrected chi connectivity index (χ3v) is 4.58. The highest BCUT2D eigenvalue weighted by Crippen LogP contribution is 2.30. The van der Waals surface area contributed by atoms with Gasteiger partial charge in [-0.2, -0.15) is 0 Å². The highest BCUT2D eigenvalue weighted by molar-refractivity contribution is 6.05. The van der Waals surface area contributed by atoms with E-state index in [1.54, 1.807) is 16.8 Å². The van der Waals surface area contributed by atoms with E-state index < -0.39 is 11.5 Å². The molecule has 0 bridgehead atoms. The Hall–Kier alpha value is -2.63. The van der Waals surface area contributed by atoms with Crippen LogP contribution in [0.2, 0.25) is 0 Å². The molecule has 6 nitrogen and oxygen atoms in total. The van der Waals surface area contributed by atoms with Gasteiger partial charge in [-0.15, -0.1) is 0 Å². The van der Waals surface area contributed by atoms with Crippen molar-refractivity contribution in [3.8, 4) is 5.75 Å². The summed E-state index contributed by atoms with van der Waals surface area (Å²) in [6.45, 7) is 4.43. The van der Waals surface area contributed by atoms with Crippen molar-refractivity contribution < 1.29 is 9.90 Å². The van der Waals surface area contributed by atoms with Crippen LogP contribution in [-0.2, 0) is 19.4 Å². The summed E-state index contributed by atoms with van der Waals surface area (Å²) in [6.07, 6.45) is 5.78. The van der Waals surface area contributed by atoms with Gasteiger partial charge in [-0.1, -0.05) is 6.92 Å². The highest BCUT2D eigenvalue weighted by atomic mass is 16.3. The van der Waals surface area contributed by atoms with Gasteiger partial charge in [0.1, 0.15) is 17.1 Å². The number of pyridine rings is 2. The number of anilines is 1. The SMILES string of the molecule is CCCn1c2c(c(O)c(C(=O)Nc3cc(C)ccn3)c1=O)CCCC2.